The van der Waals surface area contributed by atoms with Crippen LogP contribution in [0.25, 0.3) is 5.65 Å². The zero-order valence-electron chi connectivity index (χ0n) is 15.3. The summed E-state index contributed by atoms with van der Waals surface area (Å²) in [5.41, 5.74) is 8.74. The third kappa shape index (κ3) is 3.94. The molecule has 0 radical (unpaired) electrons. The zero-order chi connectivity index (χ0) is 19.6. The first-order chi connectivity index (χ1) is 12.9. The second-order valence-electron chi connectivity index (χ2n) is 6.30. The minimum atomic E-state index is -0.705. The average Bonchev–Trinajstić information content (AvgIpc) is 3.00. The number of amides is 2. The van der Waals surface area contributed by atoms with Gasteiger partial charge in [-0.1, -0.05) is 12.1 Å². The fourth-order valence-corrected chi connectivity index (χ4v) is 2.94. The van der Waals surface area contributed by atoms with Gasteiger partial charge in [0.2, 0.25) is 5.91 Å². The molecule has 2 aromatic heterocycles. The van der Waals surface area contributed by atoms with Crippen LogP contribution in [0.5, 0.6) is 0 Å². The van der Waals surface area contributed by atoms with Crippen LogP contribution in [-0.2, 0) is 11.2 Å². The quantitative estimate of drug-likeness (QED) is 0.690. The van der Waals surface area contributed by atoms with Gasteiger partial charge in [0.05, 0.1) is 11.3 Å². The van der Waals surface area contributed by atoms with Crippen molar-refractivity contribution in [2.24, 2.45) is 0 Å². The predicted octanol–water partition coefficient (Wildman–Crippen LogP) is 2.19. The summed E-state index contributed by atoms with van der Waals surface area (Å²) in [6, 6.07) is 7.46. The molecule has 0 saturated carbocycles. The summed E-state index contributed by atoms with van der Waals surface area (Å²) in [6.45, 7) is 5.72. The van der Waals surface area contributed by atoms with Crippen LogP contribution in [0.15, 0.2) is 30.3 Å². The Bertz CT molecular complexity index is 1030. The van der Waals surface area contributed by atoms with Crippen LogP contribution in [0, 0.1) is 26.6 Å². The van der Waals surface area contributed by atoms with Crippen LogP contribution in [0.1, 0.15) is 39.4 Å². The molecule has 0 spiro atoms. The summed E-state index contributed by atoms with van der Waals surface area (Å²) in [4.78, 5) is 28.5. The van der Waals surface area contributed by atoms with Gasteiger partial charge in [0.15, 0.2) is 5.65 Å². The summed E-state index contributed by atoms with van der Waals surface area (Å²) in [6.07, 6.45) is 0.591. The molecule has 0 fully saturated rings. The van der Waals surface area contributed by atoms with E-state index in [1.807, 2.05) is 26.8 Å². The fraction of sp³-hybridized carbons (Fsp3) is 0.263. The van der Waals surface area contributed by atoms with Crippen LogP contribution >= 0.6 is 0 Å². The van der Waals surface area contributed by atoms with Crippen molar-refractivity contribution in [2.45, 2.75) is 33.6 Å². The number of nitrogens with one attached hydrogen (secondary N) is 2. The van der Waals surface area contributed by atoms with Gasteiger partial charge in [0.25, 0.3) is 5.91 Å². The molecule has 0 bridgehead atoms. The van der Waals surface area contributed by atoms with Gasteiger partial charge in [0, 0.05) is 23.9 Å². The van der Waals surface area contributed by atoms with Crippen molar-refractivity contribution in [2.75, 3.05) is 0 Å². The maximum atomic E-state index is 13.6. The number of benzene rings is 1. The molecule has 8 heteroatoms. The Morgan fingerprint density at radius 3 is 2.63 bits per heavy atom. The van der Waals surface area contributed by atoms with E-state index in [9.17, 15) is 14.0 Å². The van der Waals surface area contributed by atoms with Crippen LogP contribution in [0.3, 0.4) is 0 Å². The number of aromatic nitrogens is 3. The van der Waals surface area contributed by atoms with E-state index in [0.717, 1.165) is 28.3 Å². The summed E-state index contributed by atoms with van der Waals surface area (Å²) in [5, 5.41) is 4.40. The standard InChI is InChI=1S/C19H20FN5O2/c1-11-10-17-21-12(2)14(13(3)25(17)24-11)8-9-18(26)22-23-19(27)15-6-4-5-7-16(15)20/h4-7,10H,8-9H2,1-3H3,(H,22,26)(H,23,27). The molecule has 0 aliphatic carbocycles. The molecule has 1 aromatic carbocycles. The lowest BCUT2D eigenvalue weighted by Crippen LogP contribution is -2.42. The second-order valence-corrected chi connectivity index (χ2v) is 6.30. The smallest absolute Gasteiger partial charge is 0.272 e. The van der Waals surface area contributed by atoms with E-state index in [1.54, 1.807) is 10.6 Å². The Labute approximate surface area is 155 Å². The highest BCUT2D eigenvalue weighted by atomic mass is 19.1. The summed E-state index contributed by atoms with van der Waals surface area (Å²) < 4.78 is 15.3. The maximum Gasteiger partial charge on any atom is 0.272 e. The Hall–Kier alpha value is -3.29. The van der Waals surface area contributed by atoms with Gasteiger partial charge < -0.3 is 0 Å². The molecule has 3 rings (SSSR count). The SMILES string of the molecule is Cc1cc2nc(C)c(CCC(=O)NNC(=O)c3ccccc3F)c(C)n2n1. The van der Waals surface area contributed by atoms with E-state index < -0.39 is 11.7 Å². The molecule has 0 unspecified atom stereocenters. The average molecular weight is 369 g/mol. The normalized spacial score (nSPS) is 10.8. The molecule has 0 aliphatic heterocycles. The maximum absolute atomic E-state index is 13.6. The lowest BCUT2D eigenvalue weighted by Gasteiger charge is -2.11. The van der Waals surface area contributed by atoms with Crippen molar-refractivity contribution >= 4 is 17.5 Å². The monoisotopic (exact) mass is 369 g/mol. The Morgan fingerprint density at radius 2 is 1.89 bits per heavy atom. The molecule has 0 atom stereocenters. The lowest BCUT2D eigenvalue weighted by molar-refractivity contribution is -0.121. The van der Waals surface area contributed by atoms with Gasteiger partial charge in [-0.25, -0.2) is 13.9 Å². The van der Waals surface area contributed by atoms with Gasteiger partial charge in [-0.15, -0.1) is 0 Å². The molecule has 2 N–H and O–H groups in total. The number of hydrogen-bond donors (Lipinski definition) is 2. The summed E-state index contributed by atoms with van der Waals surface area (Å²) in [5.74, 6) is -1.73. The number of carbonyl (C=O) groups excluding carboxylic acids is 2. The zero-order valence-corrected chi connectivity index (χ0v) is 15.3. The number of fused-ring (bicyclic) bond motifs is 1. The van der Waals surface area contributed by atoms with E-state index in [4.69, 9.17) is 0 Å². The van der Waals surface area contributed by atoms with Crippen molar-refractivity contribution in [3.63, 3.8) is 0 Å². The number of aryl methyl sites for hydroxylation is 3. The molecule has 2 heterocycles. The number of carbonyl (C=O) groups is 2. The third-order valence-electron chi connectivity index (χ3n) is 4.32. The van der Waals surface area contributed by atoms with Gasteiger partial charge >= 0.3 is 0 Å². The Balaban J connectivity index is 1.62. The molecular weight excluding hydrogens is 349 g/mol. The predicted molar refractivity (Wildman–Crippen MR) is 97.5 cm³/mol. The van der Waals surface area contributed by atoms with Crippen molar-refractivity contribution in [1.29, 1.82) is 0 Å². The van der Waals surface area contributed by atoms with Crippen molar-refractivity contribution in [1.82, 2.24) is 25.4 Å². The van der Waals surface area contributed by atoms with E-state index in [-0.39, 0.29) is 17.9 Å². The van der Waals surface area contributed by atoms with Crippen molar-refractivity contribution in [3.05, 3.63) is 64.4 Å². The van der Waals surface area contributed by atoms with Crippen LogP contribution in [0.2, 0.25) is 0 Å². The van der Waals surface area contributed by atoms with E-state index in [2.05, 4.69) is 20.9 Å². The van der Waals surface area contributed by atoms with Crippen molar-refractivity contribution in [3.8, 4) is 0 Å². The number of hydrogen-bond acceptors (Lipinski definition) is 4. The molecule has 0 saturated heterocycles. The highest BCUT2D eigenvalue weighted by Gasteiger charge is 2.14. The first kappa shape index (κ1) is 18.5. The van der Waals surface area contributed by atoms with Crippen LogP contribution in [-0.4, -0.2) is 26.4 Å². The molecule has 140 valence electrons. The van der Waals surface area contributed by atoms with Gasteiger partial charge in [-0.05, 0) is 44.9 Å². The van der Waals surface area contributed by atoms with Gasteiger partial charge in [0.1, 0.15) is 5.82 Å². The number of hydrazine groups is 1. The van der Waals surface area contributed by atoms with E-state index in [1.165, 1.54) is 18.2 Å². The number of halogens is 1. The topological polar surface area (TPSA) is 88.4 Å². The largest absolute Gasteiger partial charge is 0.273 e. The second kappa shape index (κ2) is 7.53. The molecular formula is C19H20FN5O2. The van der Waals surface area contributed by atoms with Gasteiger partial charge in [-0.2, -0.15) is 5.10 Å². The summed E-state index contributed by atoms with van der Waals surface area (Å²) >= 11 is 0. The van der Waals surface area contributed by atoms with Crippen molar-refractivity contribution < 1.29 is 14.0 Å². The summed E-state index contributed by atoms with van der Waals surface area (Å²) in [7, 11) is 0. The molecule has 2 amide bonds. The number of rotatable bonds is 4. The molecule has 3 aromatic rings. The highest BCUT2D eigenvalue weighted by molar-refractivity contribution is 5.95. The molecule has 27 heavy (non-hydrogen) atoms. The Morgan fingerprint density at radius 1 is 1.15 bits per heavy atom. The van der Waals surface area contributed by atoms with Crippen LogP contribution < -0.4 is 10.9 Å². The highest BCUT2D eigenvalue weighted by Crippen LogP contribution is 2.17. The molecule has 7 nitrogen and oxygen atoms in total. The molecule has 0 aliphatic rings. The fourth-order valence-electron chi connectivity index (χ4n) is 2.94. The van der Waals surface area contributed by atoms with Gasteiger partial charge in [-0.3, -0.25) is 20.4 Å². The Kier molecular flexibility index (Phi) is 5.16. The first-order valence-corrected chi connectivity index (χ1v) is 8.53. The number of nitrogens with zero attached hydrogens (tertiary/aromatic N) is 3. The lowest BCUT2D eigenvalue weighted by atomic mass is 10.1. The van der Waals surface area contributed by atoms with E-state index >= 15 is 0 Å². The van der Waals surface area contributed by atoms with E-state index in [0.29, 0.717) is 6.42 Å². The van der Waals surface area contributed by atoms with Crippen LogP contribution in [0.4, 0.5) is 4.39 Å². The third-order valence-corrected chi connectivity index (χ3v) is 4.32. The minimum absolute atomic E-state index is 0.131. The first-order valence-electron chi connectivity index (χ1n) is 8.53. The minimum Gasteiger partial charge on any atom is -0.273 e.